The summed E-state index contributed by atoms with van der Waals surface area (Å²) in [5.41, 5.74) is 3.95. The molecule has 0 saturated heterocycles. The maximum Gasteiger partial charge on any atom is 0.162 e. The fourth-order valence-electron chi connectivity index (χ4n) is 2.60. The number of amidine groups is 2. The minimum absolute atomic E-state index is 0.720. The lowest BCUT2D eigenvalue weighted by Crippen LogP contribution is -2.11. The quantitative estimate of drug-likeness (QED) is 0.494. The number of hydrogen-bond acceptors (Lipinski definition) is 2. The zero-order chi connectivity index (χ0) is 17.2. The monoisotopic (exact) mass is 453 g/mol. The maximum atomic E-state index is 4.72. The topological polar surface area (TPSA) is 36.8 Å². The van der Waals surface area contributed by atoms with Crippen molar-refractivity contribution in [2.75, 3.05) is 5.32 Å². The summed E-state index contributed by atoms with van der Waals surface area (Å²) in [6.45, 7) is 0. The highest BCUT2D eigenvalue weighted by atomic mass is 79.9. The number of benzene rings is 3. The molecule has 3 nitrogen and oxygen atoms in total. The second-order valence-electron chi connectivity index (χ2n) is 5.55. The molecule has 0 saturated carbocycles. The highest BCUT2D eigenvalue weighted by Gasteiger charge is 2.21. The molecule has 1 N–H and O–H groups in total. The van der Waals surface area contributed by atoms with Gasteiger partial charge in [0.05, 0.1) is 5.69 Å². The molecular weight excluding hydrogens is 442 g/mol. The smallest absolute Gasteiger partial charge is 0.162 e. The molecule has 0 fully saturated rings. The van der Waals surface area contributed by atoms with Crippen LogP contribution in [-0.2, 0) is 0 Å². The molecule has 0 amide bonds. The number of aliphatic imine (C=N–C) groups is 2. The summed E-state index contributed by atoms with van der Waals surface area (Å²) in [7, 11) is 0. The highest BCUT2D eigenvalue weighted by molar-refractivity contribution is 9.10. The van der Waals surface area contributed by atoms with E-state index in [4.69, 9.17) is 9.98 Å². The number of halogens is 2. The molecule has 25 heavy (non-hydrogen) atoms. The number of rotatable bonds is 2. The van der Waals surface area contributed by atoms with Gasteiger partial charge < -0.3 is 5.32 Å². The Morgan fingerprint density at radius 3 is 2.00 bits per heavy atom. The van der Waals surface area contributed by atoms with Gasteiger partial charge in [0.1, 0.15) is 5.84 Å². The van der Waals surface area contributed by atoms with Gasteiger partial charge >= 0.3 is 0 Å². The number of nitrogens with zero attached hydrogens (tertiary/aromatic N) is 2. The zero-order valence-corrected chi connectivity index (χ0v) is 16.3. The van der Waals surface area contributed by atoms with E-state index < -0.39 is 0 Å². The second-order valence-corrected chi connectivity index (χ2v) is 7.38. The summed E-state index contributed by atoms with van der Waals surface area (Å²) < 4.78 is 2.08. The molecule has 0 atom stereocenters. The van der Waals surface area contributed by atoms with E-state index in [0.717, 1.165) is 43.1 Å². The van der Waals surface area contributed by atoms with Crippen molar-refractivity contribution in [2.24, 2.45) is 9.98 Å². The van der Waals surface area contributed by atoms with Crippen LogP contribution in [0, 0.1) is 0 Å². The van der Waals surface area contributed by atoms with E-state index in [1.807, 2.05) is 66.7 Å². The van der Waals surface area contributed by atoms with Gasteiger partial charge in [-0.2, -0.15) is 0 Å². The average Bonchev–Trinajstić information content (AvgIpc) is 2.97. The van der Waals surface area contributed by atoms with Crippen LogP contribution in [-0.4, -0.2) is 11.7 Å². The van der Waals surface area contributed by atoms with E-state index in [0.29, 0.717) is 0 Å². The summed E-state index contributed by atoms with van der Waals surface area (Å²) in [6.07, 6.45) is 0. The lowest BCUT2D eigenvalue weighted by Gasteiger charge is -2.06. The van der Waals surface area contributed by atoms with E-state index in [1.54, 1.807) is 0 Å². The second kappa shape index (κ2) is 6.94. The Morgan fingerprint density at radius 2 is 1.32 bits per heavy atom. The lowest BCUT2D eigenvalue weighted by atomic mass is 10.1. The molecule has 3 aromatic carbocycles. The van der Waals surface area contributed by atoms with Gasteiger partial charge in [0, 0.05) is 25.8 Å². The predicted molar refractivity (Wildman–Crippen MR) is 111 cm³/mol. The van der Waals surface area contributed by atoms with Crippen LogP contribution in [0.5, 0.6) is 0 Å². The van der Waals surface area contributed by atoms with Gasteiger partial charge in [-0.3, -0.25) is 0 Å². The molecule has 3 aromatic rings. The van der Waals surface area contributed by atoms with E-state index in [1.165, 1.54) is 0 Å². The predicted octanol–water partition coefficient (Wildman–Crippen LogP) is 6.16. The van der Waals surface area contributed by atoms with Crippen molar-refractivity contribution < 1.29 is 0 Å². The van der Waals surface area contributed by atoms with Crippen molar-refractivity contribution in [3.8, 4) is 0 Å². The van der Waals surface area contributed by atoms with E-state index in [9.17, 15) is 0 Å². The Hall–Kier alpha value is -2.24. The van der Waals surface area contributed by atoms with Gasteiger partial charge in [-0.05, 0) is 48.5 Å². The van der Waals surface area contributed by atoms with Gasteiger partial charge in [-0.1, -0.05) is 56.1 Å². The van der Waals surface area contributed by atoms with Crippen LogP contribution in [0.25, 0.3) is 0 Å². The van der Waals surface area contributed by atoms with Gasteiger partial charge in [0.2, 0.25) is 0 Å². The van der Waals surface area contributed by atoms with E-state index >= 15 is 0 Å². The van der Waals surface area contributed by atoms with Crippen molar-refractivity contribution in [3.63, 3.8) is 0 Å². The number of hydrogen-bond donors (Lipinski definition) is 1. The third-order valence-corrected chi connectivity index (χ3v) is 4.87. The molecule has 0 spiro atoms. The van der Waals surface area contributed by atoms with Gasteiger partial charge in [-0.25, -0.2) is 9.98 Å². The Bertz CT molecular complexity index is 975. The SMILES string of the molecule is Brc1ccc(N=C2N=C(Nc3ccc(Br)cc3)c3ccccc32)cc1. The van der Waals surface area contributed by atoms with Crippen molar-refractivity contribution in [2.45, 2.75) is 0 Å². The molecule has 4 rings (SSSR count). The van der Waals surface area contributed by atoms with Crippen molar-refractivity contribution in [1.82, 2.24) is 0 Å². The van der Waals surface area contributed by atoms with Crippen LogP contribution in [0.2, 0.25) is 0 Å². The van der Waals surface area contributed by atoms with E-state index in [-0.39, 0.29) is 0 Å². The van der Waals surface area contributed by atoms with Crippen LogP contribution in [0.3, 0.4) is 0 Å². The van der Waals surface area contributed by atoms with Gasteiger partial charge in [-0.15, -0.1) is 0 Å². The van der Waals surface area contributed by atoms with Crippen molar-refractivity contribution >= 4 is 54.9 Å². The standard InChI is InChI=1S/C20H13Br2N3/c21-13-5-9-15(10-6-13)23-19-17-3-1-2-4-18(17)20(25-19)24-16-11-7-14(22)8-12-16/h1-12H,(H,23,24,25). The van der Waals surface area contributed by atoms with Gasteiger partial charge in [0.25, 0.3) is 0 Å². The fourth-order valence-corrected chi connectivity index (χ4v) is 3.13. The molecule has 5 heteroatoms. The summed E-state index contributed by atoms with van der Waals surface area (Å²) in [5, 5.41) is 3.39. The molecular formula is C20H13Br2N3. The van der Waals surface area contributed by atoms with Crippen LogP contribution in [0.4, 0.5) is 11.4 Å². The molecule has 0 aliphatic carbocycles. The van der Waals surface area contributed by atoms with Gasteiger partial charge in [0.15, 0.2) is 5.84 Å². The summed E-state index contributed by atoms with van der Waals surface area (Å²) in [4.78, 5) is 9.43. The minimum atomic E-state index is 0.720. The molecule has 1 heterocycles. The van der Waals surface area contributed by atoms with Crippen LogP contribution >= 0.6 is 31.9 Å². The summed E-state index contributed by atoms with van der Waals surface area (Å²) in [5.74, 6) is 1.53. The average molecular weight is 455 g/mol. The Morgan fingerprint density at radius 1 is 0.720 bits per heavy atom. The zero-order valence-electron chi connectivity index (χ0n) is 13.1. The fraction of sp³-hybridized carbons (Fsp3) is 0. The van der Waals surface area contributed by atoms with Crippen LogP contribution in [0.15, 0.2) is 91.7 Å². The molecule has 1 aliphatic rings. The number of nitrogens with one attached hydrogen (secondary N) is 1. The molecule has 122 valence electrons. The Labute approximate surface area is 162 Å². The van der Waals surface area contributed by atoms with Crippen molar-refractivity contribution in [3.05, 3.63) is 92.9 Å². The van der Waals surface area contributed by atoms with Crippen LogP contribution < -0.4 is 5.32 Å². The highest BCUT2D eigenvalue weighted by Crippen LogP contribution is 2.25. The van der Waals surface area contributed by atoms with E-state index in [2.05, 4.69) is 43.2 Å². The normalized spacial score (nSPS) is 14.3. The summed E-state index contributed by atoms with van der Waals surface area (Å²) >= 11 is 6.90. The largest absolute Gasteiger partial charge is 0.340 e. The van der Waals surface area contributed by atoms with Crippen LogP contribution in [0.1, 0.15) is 11.1 Å². The molecule has 0 aromatic heterocycles. The third-order valence-electron chi connectivity index (χ3n) is 3.81. The van der Waals surface area contributed by atoms with Crippen molar-refractivity contribution in [1.29, 1.82) is 0 Å². The maximum absolute atomic E-state index is 4.72. The Balaban J connectivity index is 1.71. The molecule has 1 aliphatic heterocycles. The minimum Gasteiger partial charge on any atom is -0.340 e. The summed E-state index contributed by atoms with van der Waals surface area (Å²) in [6, 6.07) is 24.0. The first kappa shape index (κ1) is 16.2. The third kappa shape index (κ3) is 3.57. The molecule has 0 bridgehead atoms. The molecule has 0 radical (unpaired) electrons. The number of fused-ring (bicyclic) bond motifs is 1. The Kier molecular flexibility index (Phi) is 4.51. The first-order valence-corrected chi connectivity index (χ1v) is 9.33. The molecule has 0 unspecified atom stereocenters. The first-order chi connectivity index (χ1) is 12.2. The lowest BCUT2D eigenvalue weighted by molar-refractivity contribution is 1.46. The number of anilines is 1. The first-order valence-electron chi connectivity index (χ1n) is 7.74.